The van der Waals surface area contributed by atoms with Gasteiger partial charge in [-0.3, -0.25) is 14.4 Å². The molecule has 1 fully saturated rings. The van der Waals surface area contributed by atoms with Crippen molar-refractivity contribution in [3.05, 3.63) is 90.2 Å². The highest BCUT2D eigenvalue weighted by molar-refractivity contribution is 6.00. The van der Waals surface area contributed by atoms with Gasteiger partial charge in [0.25, 0.3) is 5.91 Å². The minimum atomic E-state index is -0.415. The molecule has 8 heteroatoms. The predicted molar refractivity (Wildman–Crippen MR) is 126 cm³/mol. The SMILES string of the molecule is O=C(COc1ccc(N2C[C@H](C(=O)NCc3ccccc3)CC2=O)cc1)Nc1ccc(F)cc1. The maximum Gasteiger partial charge on any atom is 0.262 e. The Kier molecular flexibility index (Phi) is 7.17. The largest absolute Gasteiger partial charge is 0.484 e. The van der Waals surface area contributed by atoms with E-state index in [2.05, 4.69) is 10.6 Å². The zero-order valence-corrected chi connectivity index (χ0v) is 18.4. The average molecular weight is 461 g/mol. The number of hydrogen-bond donors (Lipinski definition) is 2. The van der Waals surface area contributed by atoms with Crippen LogP contribution in [0.1, 0.15) is 12.0 Å². The van der Waals surface area contributed by atoms with E-state index in [4.69, 9.17) is 4.74 Å². The van der Waals surface area contributed by atoms with Gasteiger partial charge >= 0.3 is 0 Å². The summed E-state index contributed by atoms with van der Waals surface area (Å²) in [6.45, 7) is 0.508. The molecule has 0 aliphatic carbocycles. The first kappa shape index (κ1) is 23.0. The molecule has 0 unspecified atom stereocenters. The van der Waals surface area contributed by atoms with Gasteiger partial charge in [-0.05, 0) is 54.1 Å². The van der Waals surface area contributed by atoms with Crippen molar-refractivity contribution in [2.45, 2.75) is 13.0 Å². The second-order valence-electron chi connectivity index (χ2n) is 7.95. The first-order chi connectivity index (χ1) is 16.5. The van der Waals surface area contributed by atoms with Crippen LogP contribution in [0.15, 0.2) is 78.9 Å². The first-order valence-electron chi connectivity index (χ1n) is 10.9. The molecule has 1 atom stereocenters. The van der Waals surface area contributed by atoms with Crippen LogP contribution in [0.25, 0.3) is 0 Å². The van der Waals surface area contributed by atoms with E-state index in [1.54, 1.807) is 29.2 Å². The van der Waals surface area contributed by atoms with Gasteiger partial charge in [-0.15, -0.1) is 0 Å². The molecule has 1 aliphatic rings. The van der Waals surface area contributed by atoms with Crippen LogP contribution in [0.3, 0.4) is 0 Å². The molecule has 7 nitrogen and oxygen atoms in total. The fourth-order valence-electron chi connectivity index (χ4n) is 3.66. The lowest BCUT2D eigenvalue weighted by Crippen LogP contribution is -2.32. The summed E-state index contributed by atoms with van der Waals surface area (Å²) in [6.07, 6.45) is 0.155. The van der Waals surface area contributed by atoms with Crippen LogP contribution in [-0.2, 0) is 20.9 Å². The number of anilines is 2. The molecule has 3 aromatic carbocycles. The normalized spacial score (nSPS) is 15.1. The zero-order chi connectivity index (χ0) is 23.9. The van der Waals surface area contributed by atoms with Crippen molar-refractivity contribution in [2.24, 2.45) is 5.92 Å². The van der Waals surface area contributed by atoms with Crippen molar-refractivity contribution in [1.29, 1.82) is 0 Å². The summed E-state index contributed by atoms with van der Waals surface area (Å²) in [5.41, 5.74) is 2.13. The molecule has 174 valence electrons. The van der Waals surface area contributed by atoms with Gasteiger partial charge in [0.2, 0.25) is 11.8 Å². The Hall–Kier alpha value is -4.20. The molecule has 1 aliphatic heterocycles. The van der Waals surface area contributed by atoms with Gasteiger partial charge in [0.05, 0.1) is 5.92 Å². The van der Waals surface area contributed by atoms with Gasteiger partial charge in [0.15, 0.2) is 6.61 Å². The maximum atomic E-state index is 12.9. The van der Waals surface area contributed by atoms with Gasteiger partial charge in [-0.25, -0.2) is 4.39 Å². The summed E-state index contributed by atoms with van der Waals surface area (Å²) < 4.78 is 18.4. The smallest absolute Gasteiger partial charge is 0.262 e. The van der Waals surface area contributed by atoms with Crippen LogP contribution in [0.5, 0.6) is 5.75 Å². The molecule has 2 N–H and O–H groups in total. The predicted octanol–water partition coefficient (Wildman–Crippen LogP) is 3.51. The third kappa shape index (κ3) is 5.98. The lowest BCUT2D eigenvalue weighted by molar-refractivity contribution is -0.126. The third-order valence-electron chi connectivity index (χ3n) is 5.45. The summed E-state index contributed by atoms with van der Waals surface area (Å²) in [5, 5.41) is 5.51. The number of rotatable bonds is 8. The molecule has 1 heterocycles. The molecular formula is C26H24FN3O4. The number of carbonyl (C=O) groups is 3. The quantitative estimate of drug-likeness (QED) is 0.538. The topological polar surface area (TPSA) is 87.7 Å². The van der Waals surface area contributed by atoms with Crippen molar-refractivity contribution >= 4 is 29.1 Å². The summed E-state index contributed by atoms with van der Waals surface area (Å²) in [4.78, 5) is 38.6. The van der Waals surface area contributed by atoms with Crippen LogP contribution >= 0.6 is 0 Å². The zero-order valence-electron chi connectivity index (χ0n) is 18.4. The Balaban J connectivity index is 1.26. The molecule has 3 aromatic rings. The minimum absolute atomic E-state index is 0.118. The molecule has 4 rings (SSSR count). The van der Waals surface area contributed by atoms with Gasteiger partial charge < -0.3 is 20.3 Å². The van der Waals surface area contributed by atoms with Crippen LogP contribution in [0, 0.1) is 11.7 Å². The van der Waals surface area contributed by atoms with Crippen LogP contribution in [0.2, 0.25) is 0 Å². The molecule has 3 amide bonds. The third-order valence-corrected chi connectivity index (χ3v) is 5.45. The van der Waals surface area contributed by atoms with Gasteiger partial charge in [0, 0.05) is 30.9 Å². The van der Waals surface area contributed by atoms with E-state index in [1.165, 1.54) is 24.3 Å². The standard InChI is InChI=1S/C26H24FN3O4/c27-20-6-8-21(9-7-20)29-24(31)17-34-23-12-10-22(11-13-23)30-16-19(14-25(30)32)26(33)28-15-18-4-2-1-3-5-18/h1-13,19H,14-17H2,(H,28,33)(H,29,31)/t19-/m1/s1. The van der Waals surface area contributed by atoms with Gasteiger partial charge in [0.1, 0.15) is 11.6 Å². The van der Waals surface area contributed by atoms with E-state index in [1.807, 2.05) is 30.3 Å². The first-order valence-corrected chi connectivity index (χ1v) is 10.9. The summed E-state index contributed by atoms with van der Waals surface area (Å²) in [5.74, 6) is -0.983. The van der Waals surface area contributed by atoms with Crippen LogP contribution in [-0.4, -0.2) is 30.9 Å². The Morgan fingerprint density at radius 3 is 2.38 bits per heavy atom. The fraction of sp³-hybridized carbons (Fsp3) is 0.192. The molecule has 0 saturated carbocycles. The Morgan fingerprint density at radius 1 is 0.971 bits per heavy atom. The molecule has 34 heavy (non-hydrogen) atoms. The summed E-state index contributed by atoms with van der Waals surface area (Å²) >= 11 is 0. The van der Waals surface area contributed by atoms with E-state index in [-0.39, 0.29) is 36.6 Å². The molecule has 0 bridgehead atoms. The monoisotopic (exact) mass is 461 g/mol. The Bertz CT molecular complexity index is 1150. The molecule has 0 spiro atoms. The number of nitrogens with zero attached hydrogens (tertiary/aromatic N) is 1. The van der Waals surface area contributed by atoms with E-state index < -0.39 is 5.92 Å². The molecule has 0 aromatic heterocycles. The second-order valence-corrected chi connectivity index (χ2v) is 7.95. The summed E-state index contributed by atoms with van der Waals surface area (Å²) in [7, 11) is 0. The number of carbonyl (C=O) groups excluding carboxylic acids is 3. The molecular weight excluding hydrogens is 437 g/mol. The van der Waals surface area contributed by atoms with E-state index in [0.29, 0.717) is 30.2 Å². The van der Waals surface area contributed by atoms with Gasteiger partial charge in [-0.2, -0.15) is 0 Å². The van der Waals surface area contributed by atoms with Crippen molar-refractivity contribution in [1.82, 2.24) is 5.32 Å². The molecule has 0 radical (unpaired) electrons. The van der Waals surface area contributed by atoms with Crippen molar-refractivity contribution in [3.8, 4) is 5.75 Å². The second kappa shape index (κ2) is 10.6. The van der Waals surface area contributed by atoms with E-state index in [0.717, 1.165) is 5.56 Å². The van der Waals surface area contributed by atoms with E-state index >= 15 is 0 Å². The van der Waals surface area contributed by atoms with Gasteiger partial charge in [-0.1, -0.05) is 30.3 Å². The Labute approximate surface area is 196 Å². The average Bonchev–Trinajstić information content (AvgIpc) is 3.25. The van der Waals surface area contributed by atoms with E-state index in [9.17, 15) is 18.8 Å². The van der Waals surface area contributed by atoms with Crippen molar-refractivity contribution in [2.75, 3.05) is 23.4 Å². The van der Waals surface area contributed by atoms with Crippen molar-refractivity contribution < 1.29 is 23.5 Å². The lowest BCUT2D eigenvalue weighted by Gasteiger charge is -2.17. The maximum absolute atomic E-state index is 12.9. The number of amides is 3. The highest BCUT2D eigenvalue weighted by Crippen LogP contribution is 2.27. The van der Waals surface area contributed by atoms with Crippen LogP contribution in [0.4, 0.5) is 15.8 Å². The molecule has 1 saturated heterocycles. The number of nitrogens with one attached hydrogen (secondary N) is 2. The van der Waals surface area contributed by atoms with Crippen LogP contribution < -0.4 is 20.3 Å². The minimum Gasteiger partial charge on any atom is -0.484 e. The lowest BCUT2D eigenvalue weighted by atomic mass is 10.1. The number of hydrogen-bond acceptors (Lipinski definition) is 4. The fourth-order valence-corrected chi connectivity index (χ4v) is 3.66. The number of halogens is 1. The Morgan fingerprint density at radius 2 is 1.68 bits per heavy atom. The number of benzene rings is 3. The summed E-state index contributed by atoms with van der Waals surface area (Å²) in [6, 6.07) is 21.8. The number of ether oxygens (including phenoxy) is 1. The highest BCUT2D eigenvalue weighted by Gasteiger charge is 2.35. The van der Waals surface area contributed by atoms with Crippen molar-refractivity contribution in [3.63, 3.8) is 0 Å². The highest BCUT2D eigenvalue weighted by atomic mass is 19.1.